The zero-order valence-electron chi connectivity index (χ0n) is 13.6. The normalized spacial score (nSPS) is 14.7. The summed E-state index contributed by atoms with van der Waals surface area (Å²) >= 11 is 5.63. The zero-order valence-corrected chi connectivity index (χ0v) is 14.4. The molecule has 0 radical (unpaired) electrons. The maximum atomic E-state index is 12.8. The van der Waals surface area contributed by atoms with Crippen LogP contribution in [0.1, 0.15) is 24.2 Å². The Morgan fingerprint density at radius 1 is 1.12 bits per heavy atom. The predicted octanol–water partition coefficient (Wildman–Crippen LogP) is 5.13. The van der Waals surface area contributed by atoms with Crippen molar-refractivity contribution < 1.29 is 13.2 Å². The van der Waals surface area contributed by atoms with Gasteiger partial charge in [-0.25, -0.2) is 4.98 Å². The van der Waals surface area contributed by atoms with Gasteiger partial charge in [0.05, 0.1) is 16.6 Å². The minimum atomic E-state index is -4.33. The van der Waals surface area contributed by atoms with Gasteiger partial charge < -0.3 is 9.13 Å². The molecule has 1 aliphatic heterocycles. The van der Waals surface area contributed by atoms with Crippen molar-refractivity contribution in [1.82, 2.24) is 14.1 Å². The number of benzene rings is 1. The van der Waals surface area contributed by atoms with Crippen molar-refractivity contribution in [2.45, 2.75) is 32.0 Å². The summed E-state index contributed by atoms with van der Waals surface area (Å²) in [6, 6.07) is 7.12. The molecule has 0 atom stereocenters. The fraction of sp³-hybridized carbons (Fsp3) is 0.333. The maximum absolute atomic E-state index is 12.8. The van der Waals surface area contributed by atoms with Crippen LogP contribution < -0.4 is 0 Å². The molecule has 0 saturated heterocycles. The van der Waals surface area contributed by atoms with Crippen LogP contribution in [-0.2, 0) is 26.2 Å². The molecular formula is C18H16F3N3S. The lowest BCUT2D eigenvalue weighted by Gasteiger charge is -2.18. The lowest BCUT2D eigenvalue weighted by atomic mass is 10.1. The van der Waals surface area contributed by atoms with Gasteiger partial charge in [0.2, 0.25) is 0 Å². The molecule has 0 bridgehead atoms. The molecule has 0 fully saturated rings. The molecule has 3 aromatic rings. The Balaban J connectivity index is 1.87. The molecule has 1 aromatic carbocycles. The average Bonchev–Trinajstić information content (AvgIpc) is 2.92. The smallest absolute Gasteiger partial charge is 0.328 e. The first-order chi connectivity index (χ1) is 11.9. The number of halogens is 3. The zero-order chi connectivity index (χ0) is 17.8. The fourth-order valence-corrected chi connectivity index (χ4v) is 3.76. The van der Waals surface area contributed by atoms with E-state index in [2.05, 4.69) is 4.57 Å². The highest BCUT2D eigenvalue weighted by Crippen LogP contribution is 2.33. The average molecular weight is 363 g/mol. The number of hydrogen-bond donors (Lipinski definition) is 0. The highest BCUT2D eigenvalue weighted by molar-refractivity contribution is 7.71. The largest absolute Gasteiger partial charge is 0.416 e. The van der Waals surface area contributed by atoms with E-state index in [0.717, 1.165) is 65.1 Å². The van der Waals surface area contributed by atoms with Crippen molar-refractivity contribution in [2.24, 2.45) is 7.05 Å². The van der Waals surface area contributed by atoms with Crippen molar-refractivity contribution in [2.75, 3.05) is 0 Å². The molecule has 0 unspecified atom stereocenters. The second-order valence-electron chi connectivity index (χ2n) is 6.34. The van der Waals surface area contributed by atoms with Crippen LogP contribution >= 0.6 is 12.2 Å². The van der Waals surface area contributed by atoms with E-state index in [1.54, 1.807) is 0 Å². The fourth-order valence-electron chi connectivity index (χ4n) is 3.41. The van der Waals surface area contributed by atoms with Crippen LogP contribution in [0.3, 0.4) is 0 Å². The monoisotopic (exact) mass is 363 g/mol. The summed E-state index contributed by atoms with van der Waals surface area (Å²) in [4.78, 5) is 4.76. The second-order valence-corrected chi connectivity index (χ2v) is 6.73. The van der Waals surface area contributed by atoms with E-state index < -0.39 is 11.7 Å². The highest BCUT2D eigenvalue weighted by atomic mass is 32.1. The van der Waals surface area contributed by atoms with Crippen molar-refractivity contribution >= 4 is 23.3 Å². The number of aromatic nitrogens is 3. The van der Waals surface area contributed by atoms with Crippen molar-refractivity contribution in [3.05, 3.63) is 46.4 Å². The van der Waals surface area contributed by atoms with Crippen LogP contribution in [0.2, 0.25) is 0 Å². The van der Waals surface area contributed by atoms with Crippen LogP contribution in [-0.4, -0.2) is 14.1 Å². The Morgan fingerprint density at radius 2 is 1.84 bits per heavy atom. The molecule has 0 N–H and O–H groups in total. The van der Waals surface area contributed by atoms with Gasteiger partial charge in [0.15, 0.2) is 0 Å². The Labute approximate surface area is 147 Å². The first kappa shape index (κ1) is 16.3. The topological polar surface area (TPSA) is 22.8 Å². The number of nitrogens with zero attached hydrogens (tertiary/aromatic N) is 3. The molecule has 3 heterocycles. The molecule has 0 saturated carbocycles. The maximum Gasteiger partial charge on any atom is 0.416 e. The molecule has 130 valence electrons. The molecule has 0 spiro atoms. The predicted molar refractivity (Wildman–Crippen MR) is 92.9 cm³/mol. The molecule has 0 aliphatic carbocycles. The molecule has 0 amide bonds. The Kier molecular flexibility index (Phi) is 3.72. The SMILES string of the molecule is Cn1c(-c2ccc(C(F)(F)F)cc2)cc2c(=S)n3c(nc21)CCCC3. The first-order valence-corrected chi connectivity index (χ1v) is 8.54. The van der Waals surface area contributed by atoms with E-state index in [1.807, 2.05) is 17.7 Å². The van der Waals surface area contributed by atoms with Crippen molar-refractivity contribution in [3.63, 3.8) is 0 Å². The molecule has 7 heteroatoms. The van der Waals surface area contributed by atoms with Crippen LogP contribution in [0.4, 0.5) is 13.2 Å². The number of aryl methyl sites for hydroxylation is 2. The van der Waals surface area contributed by atoms with Crippen molar-refractivity contribution in [1.29, 1.82) is 0 Å². The van der Waals surface area contributed by atoms with E-state index in [-0.39, 0.29) is 0 Å². The van der Waals surface area contributed by atoms with E-state index in [0.29, 0.717) is 5.56 Å². The number of fused-ring (bicyclic) bond motifs is 2. The lowest BCUT2D eigenvalue weighted by Crippen LogP contribution is -2.16. The van der Waals surface area contributed by atoms with E-state index >= 15 is 0 Å². The first-order valence-electron chi connectivity index (χ1n) is 8.13. The minimum Gasteiger partial charge on any atom is -0.328 e. The van der Waals surface area contributed by atoms with Gasteiger partial charge in [-0.3, -0.25) is 0 Å². The van der Waals surface area contributed by atoms with Crippen LogP contribution in [0.15, 0.2) is 30.3 Å². The van der Waals surface area contributed by atoms with Crippen LogP contribution in [0.5, 0.6) is 0 Å². The van der Waals surface area contributed by atoms with Gasteiger partial charge >= 0.3 is 6.18 Å². The molecule has 1 aliphatic rings. The van der Waals surface area contributed by atoms with Gasteiger partial charge in [0.1, 0.15) is 16.1 Å². The summed E-state index contributed by atoms with van der Waals surface area (Å²) in [7, 11) is 1.87. The van der Waals surface area contributed by atoms with Gasteiger partial charge in [-0.05, 0) is 36.6 Å². The number of alkyl halides is 3. The quantitative estimate of drug-likeness (QED) is 0.560. The van der Waals surface area contributed by atoms with Gasteiger partial charge in [0.25, 0.3) is 0 Å². The molecule has 3 nitrogen and oxygen atoms in total. The molecular weight excluding hydrogens is 347 g/mol. The summed E-state index contributed by atoms with van der Waals surface area (Å²) in [6.45, 7) is 0.877. The summed E-state index contributed by atoms with van der Waals surface area (Å²) in [6.07, 6.45) is -1.24. The van der Waals surface area contributed by atoms with Gasteiger partial charge in [-0.1, -0.05) is 24.4 Å². The highest BCUT2D eigenvalue weighted by Gasteiger charge is 2.30. The van der Waals surface area contributed by atoms with Gasteiger partial charge in [-0.2, -0.15) is 13.2 Å². The van der Waals surface area contributed by atoms with Crippen LogP contribution in [0.25, 0.3) is 22.3 Å². The molecule has 2 aromatic heterocycles. The molecule has 25 heavy (non-hydrogen) atoms. The second kappa shape index (κ2) is 5.69. The molecule has 4 rings (SSSR count). The van der Waals surface area contributed by atoms with Crippen molar-refractivity contribution in [3.8, 4) is 11.3 Å². The summed E-state index contributed by atoms with van der Waals surface area (Å²) in [5.41, 5.74) is 1.66. The summed E-state index contributed by atoms with van der Waals surface area (Å²) < 4.78 is 43.0. The number of rotatable bonds is 1. The number of hydrogen-bond acceptors (Lipinski definition) is 2. The van der Waals surface area contributed by atoms with Gasteiger partial charge in [0, 0.05) is 20.0 Å². The third-order valence-corrected chi connectivity index (χ3v) is 5.20. The van der Waals surface area contributed by atoms with Crippen LogP contribution in [0, 0.1) is 4.64 Å². The summed E-state index contributed by atoms with van der Waals surface area (Å²) in [5.74, 6) is 0.990. The Morgan fingerprint density at radius 3 is 2.52 bits per heavy atom. The summed E-state index contributed by atoms with van der Waals surface area (Å²) in [5, 5.41) is 0.873. The van der Waals surface area contributed by atoms with E-state index in [9.17, 15) is 13.2 Å². The Hall–Kier alpha value is -2.15. The van der Waals surface area contributed by atoms with Gasteiger partial charge in [-0.15, -0.1) is 0 Å². The standard InChI is InChI=1S/C18H16F3N3S/c1-23-14(11-5-7-12(8-6-11)18(19,20)21)10-13-16(23)22-15-4-2-3-9-24(15)17(13)25/h5-8,10H,2-4,9H2,1H3. The minimum absolute atomic E-state index is 0.650. The van der Waals surface area contributed by atoms with E-state index in [4.69, 9.17) is 17.2 Å². The third-order valence-electron chi connectivity index (χ3n) is 4.76. The third kappa shape index (κ3) is 2.66. The Bertz CT molecular complexity index is 1010. The van der Waals surface area contributed by atoms with E-state index in [1.165, 1.54) is 12.1 Å². The lowest BCUT2D eigenvalue weighted by molar-refractivity contribution is -0.137.